The molecular weight excluding hydrogens is 236 g/mol. The normalized spacial score (nSPS) is 10.3. The van der Waals surface area contributed by atoms with Gasteiger partial charge in [-0.15, -0.1) is 5.10 Å². The Balaban J connectivity index is 2.67. The summed E-state index contributed by atoms with van der Waals surface area (Å²) in [6, 6.07) is 0. The highest BCUT2D eigenvalue weighted by Gasteiger charge is 2.18. The highest BCUT2D eigenvalue weighted by atomic mass is 16.4. The van der Waals surface area contributed by atoms with E-state index in [0.717, 1.165) is 12.8 Å². The van der Waals surface area contributed by atoms with Crippen molar-refractivity contribution in [3.8, 4) is 0 Å². The highest BCUT2D eigenvalue weighted by Crippen LogP contribution is 2.06. The summed E-state index contributed by atoms with van der Waals surface area (Å²) in [4.78, 5) is 22.5. The number of amides is 1. The van der Waals surface area contributed by atoms with Gasteiger partial charge in [0, 0.05) is 6.54 Å². The summed E-state index contributed by atoms with van der Waals surface area (Å²) in [6.45, 7) is 4.47. The van der Waals surface area contributed by atoms with Crippen LogP contribution in [0.3, 0.4) is 0 Å². The number of hydrogen-bond acceptors (Lipinski definition) is 4. The molecular formula is C11H18N4O3. The molecule has 0 radical (unpaired) electrons. The second-order valence-corrected chi connectivity index (χ2v) is 3.90. The Morgan fingerprint density at radius 3 is 2.67 bits per heavy atom. The zero-order valence-electron chi connectivity index (χ0n) is 10.6. The first-order chi connectivity index (χ1) is 8.60. The largest absolute Gasteiger partial charge is 0.476 e. The third-order valence-corrected chi connectivity index (χ3v) is 2.52. The van der Waals surface area contributed by atoms with Crippen molar-refractivity contribution in [2.45, 2.75) is 39.7 Å². The third-order valence-electron chi connectivity index (χ3n) is 2.52. The molecule has 2 N–H and O–H groups in total. The van der Waals surface area contributed by atoms with E-state index in [1.807, 2.05) is 6.92 Å². The van der Waals surface area contributed by atoms with Crippen LogP contribution in [0.4, 0.5) is 0 Å². The summed E-state index contributed by atoms with van der Waals surface area (Å²) in [6.07, 6.45) is 2.40. The minimum absolute atomic E-state index is 0.00711. The van der Waals surface area contributed by atoms with Crippen LogP contribution in [0.5, 0.6) is 0 Å². The number of aromatic nitrogens is 3. The molecule has 0 atom stereocenters. The molecule has 18 heavy (non-hydrogen) atoms. The van der Waals surface area contributed by atoms with Gasteiger partial charge in [0.15, 0.2) is 5.69 Å². The molecule has 0 saturated carbocycles. The zero-order valence-corrected chi connectivity index (χ0v) is 10.6. The number of carbonyl (C=O) groups is 2. The van der Waals surface area contributed by atoms with Crippen LogP contribution in [-0.2, 0) is 17.8 Å². The first kappa shape index (κ1) is 14.1. The van der Waals surface area contributed by atoms with E-state index in [4.69, 9.17) is 5.11 Å². The van der Waals surface area contributed by atoms with E-state index in [2.05, 4.69) is 15.6 Å². The van der Waals surface area contributed by atoms with Crippen LogP contribution in [0.25, 0.3) is 0 Å². The maximum atomic E-state index is 11.6. The fourth-order valence-electron chi connectivity index (χ4n) is 1.57. The number of hydrogen-bond donors (Lipinski definition) is 2. The van der Waals surface area contributed by atoms with E-state index in [9.17, 15) is 9.59 Å². The molecule has 0 aliphatic carbocycles. The van der Waals surface area contributed by atoms with Crippen molar-refractivity contribution in [3.05, 3.63) is 11.4 Å². The SMILES string of the molecule is CCCCNC(=O)Cn1nnc(C(=O)O)c1CC. The number of nitrogens with zero attached hydrogens (tertiary/aromatic N) is 3. The second-order valence-electron chi connectivity index (χ2n) is 3.90. The lowest BCUT2D eigenvalue weighted by Gasteiger charge is -2.06. The van der Waals surface area contributed by atoms with Crippen molar-refractivity contribution in [2.24, 2.45) is 0 Å². The van der Waals surface area contributed by atoms with Crippen LogP contribution in [0.2, 0.25) is 0 Å². The van der Waals surface area contributed by atoms with Crippen molar-refractivity contribution in [1.82, 2.24) is 20.3 Å². The zero-order chi connectivity index (χ0) is 13.5. The molecule has 0 unspecified atom stereocenters. The molecule has 1 rings (SSSR count). The summed E-state index contributed by atoms with van der Waals surface area (Å²) in [5.41, 5.74) is 0.381. The van der Waals surface area contributed by atoms with Crippen molar-refractivity contribution >= 4 is 11.9 Å². The standard InChI is InChI=1S/C11H18N4O3/c1-3-5-6-12-9(16)7-15-8(4-2)10(11(17)18)13-14-15/h3-7H2,1-2H3,(H,12,16)(H,17,18). The maximum absolute atomic E-state index is 11.6. The fourth-order valence-corrected chi connectivity index (χ4v) is 1.57. The van der Waals surface area contributed by atoms with Crippen molar-refractivity contribution in [2.75, 3.05) is 6.54 Å². The van der Waals surface area contributed by atoms with Gasteiger partial charge >= 0.3 is 5.97 Å². The number of nitrogens with one attached hydrogen (secondary N) is 1. The van der Waals surface area contributed by atoms with Gasteiger partial charge in [-0.25, -0.2) is 9.48 Å². The van der Waals surface area contributed by atoms with Crippen molar-refractivity contribution in [3.63, 3.8) is 0 Å². The molecule has 0 aromatic carbocycles. The molecule has 1 aromatic rings. The molecule has 7 heteroatoms. The predicted octanol–water partition coefficient (Wildman–Crippen LogP) is 0.455. The number of aromatic carboxylic acids is 1. The molecule has 0 aliphatic heterocycles. The summed E-state index contributed by atoms with van der Waals surface area (Å²) in [5, 5.41) is 18.9. The molecule has 0 aliphatic rings. The molecule has 1 aromatic heterocycles. The van der Waals surface area contributed by atoms with Crippen molar-refractivity contribution < 1.29 is 14.7 Å². The van der Waals surface area contributed by atoms with Gasteiger partial charge in [-0.2, -0.15) is 0 Å². The quantitative estimate of drug-likeness (QED) is 0.689. The molecule has 0 bridgehead atoms. The topological polar surface area (TPSA) is 97.1 Å². The lowest BCUT2D eigenvalue weighted by molar-refractivity contribution is -0.121. The number of carbonyl (C=O) groups excluding carboxylic acids is 1. The number of carboxylic acid groups (broad SMARTS) is 1. The summed E-state index contributed by atoms with van der Waals surface area (Å²) < 4.78 is 1.34. The van der Waals surface area contributed by atoms with Crippen LogP contribution in [-0.4, -0.2) is 38.5 Å². The van der Waals surface area contributed by atoms with Crippen LogP contribution in [0, 0.1) is 0 Å². The first-order valence-corrected chi connectivity index (χ1v) is 6.02. The monoisotopic (exact) mass is 254 g/mol. The Morgan fingerprint density at radius 2 is 2.11 bits per heavy atom. The Kier molecular flexibility index (Phi) is 5.29. The maximum Gasteiger partial charge on any atom is 0.358 e. The minimum Gasteiger partial charge on any atom is -0.476 e. The van der Waals surface area contributed by atoms with Gasteiger partial charge in [-0.3, -0.25) is 4.79 Å². The molecule has 100 valence electrons. The predicted molar refractivity (Wildman–Crippen MR) is 64.3 cm³/mol. The van der Waals surface area contributed by atoms with E-state index < -0.39 is 5.97 Å². The molecule has 1 amide bonds. The van der Waals surface area contributed by atoms with Crippen molar-refractivity contribution in [1.29, 1.82) is 0 Å². The highest BCUT2D eigenvalue weighted by molar-refractivity contribution is 5.86. The van der Waals surface area contributed by atoms with Crippen LogP contribution >= 0.6 is 0 Å². The molecule has 1 heterocycles. The molecule has 0 fully saturated rings. The van der Waals surface area contributed by atoms with Gasteiger partial charge in [0.2, 0.25) is 5.91 Å². The molecule has 0 saturated heterocycles. The fraction of sp³-hybridized carbons (Fsp3) is 0.636. The first-order valence-electron chi connectivity index (χ1n) is 6.02. The minimum atomic E-state index is -1.12. The van der Waals surface area contributed by atoms with Crippen LogP contribution < -0.4 is 5.32 Å². The Bertz CT molecular complexity index is 428. The number of rotatable bonds is 7. The Hall–Kier alpha value is -1.92. The van der Waals surface area contributed by atoms with Crippen LogP contribution in [0.15, 0.2) is 0 Å². The van der Waals surface area contributed by atoms with E-state index in [0.29, 0.717) is 18.7 Å². The van der Waals surface area contributed by atoms with E-state index in [1.165, 1.54) is 4.68 Å². The van der Waals surface area contributed by atoms with E-state index in [1.54, 1.807) is 6.92 Å². The summed E-state index contributed by atoms with van der Waals surface area (Å²) >= 11 is 0. The Morgan fingerprint density at radius 1 is 1.39 bits per heavy atom. The van der Waals surface area contributed by atoms with Gasteiger partial charge in [-0.1, -0.05) is 25.5 Å². The van der Waals surface area contributed by atoms with Gasteiger partial charge in [0.25, 0.3) is 0 Å². The van der Waals surface area contributed by atoms with E-state index >= 15 is 0 Å². The van der Waals surface area contributed by atoms with Gasteiger partial charge < -0.3 is 10.4 Å². The Labute approximate surface area is 105 Å². The smallest absolute Gasteiger partial charge is 0.358 e. The molecule has 7 nitrogen and oxygen atoms in total. The second kappa shape index (κ2) is 6.73. The average molecular weight is 254 g/mol. The number of carboxylic acids is 1. The van der Waals surface area contributed by atoms with Gasteiger partial charge in [0.05, 0.1) is 5.69 Å². The van der Waals surface area contributed by atoms with Gasteiger partial charge in [-0.05, 0) is 12.8 Å². The average Bonchev–Trinajstić information content (AvgIpc) is 2.72. The van der Waals surface area contributed by atoms with Gasteiger partial charge in [0.1, 0.15) is 6.54 Å². The third kappa shape index (κ3) is 3.54. The number of unbranched alkanes of at least 4 members (excludes halogenated alkanes) is 1. The summed E-state index contributed by atoms with van der Waals surface area (Å²) in [7, 11) is 0. The van der Waals surface area contributed by atoms with Crippen LogP contribution in [0.1, 0.15) is 42.9 Å². The molecule has 0 spiro atoms. The lowest BCUT2D eigenvalue weighted by Crippen LogP contribution is -2.29. The van der Waals surface area contributed by atoms with E-state index in [-0.39, 0.29) is 18.1 Å². The summed E-state index contributed by atoms with van der Waals surface area (Å²) in [5.74, 6) is -1.30. The lowest BCUT2D eigenvalue weighted by atomic mass is 10.2.